The van der Waals surface area contributed by atoms with Crippen LogP contribution in [0.1, 0.15) is 31.3 Å². The summed E-state index contributed by atoms with van der Waals surface area (Å²) in [5.74, 6) is 0.907. The molecule has 0 fully saturated rings. The Morgan fingerprint density at radius 3 is 2.42 bits per heavy atom. The first-order valence-corrected chi connectivity index (χ1v) is 8.41. The highest BCUT2D eigenvalue weighted by Crippen LogP contribution is 2.23. The largest absolute Gasteiger partial charge is 0.337 e. The van der Waals surface area contributed by atoms with Crippen LogP contribution in [-0.2, 0) is 0 Å². The maximum absolute atomic E-state index is 12.3. The van der Waals surface area contributed by atoms with Crippen LogP contribution in [0.4, 0.5) is 10.5 Å². The molecule has 2 N–H and O–H groups in total. The van der Waals surface area contributed by atoms with Gasteiger partial charge in [-0.05, 0) is 37.1 Å². The Balaban J connectivity index is 1.72. The molecule has 0 aliphatic rings. The number of hydrogen-bond donors (Lipinski definition) is 2. The van der Waals surface area contributed by atoms with E-state index in [2.05, 4.69) is 25.8 Å². The molecule has 2 aromatic heterocycles. The molecule has 0 radical (unpaired) electrons. The molecule has 0 aliphatic heterocycles. The van der Waals surface area contributed by atoms with Crippen LogP contribution in [0.25, 0.3) is 11.4 Å². The maximum atomic E-state index is 12.3. The van der Waals surface area contributed by atoms with Crippen LogP contribution in [0.3, 0.4) is 0 Å². The van der Waals surface area contributed by atoms with Gasteiger partial charge in [0.05, 0.1) is 0 Å². The summed E-state index contributed by atoms with van der Waals surface area (Å²) in [5, 5.41) is 9.72. The SMILES string of the molecule is Cc1ccc(NC(=O)N[C@@H](c2nc(-c3ccncc3)no2)C(C)C)cc1. The number of anilines is 1. The Kier molecular flexibility index (Phi) is 5.26. The zero-order valence-electron chi connectivity index (χ0n) is 14.9. The van der Waals surface area contributed by atoms with E-state index < -0.39 is 6.04 Å². The molecule has 0 saturated carbocycles. The van der Waals surface area contributed by atoms with Crippen molar-refractivity contribution in [2.45, 2.75) is 26.8 Å². The molecule has 134 valence electrons. The number of rotatable bonds is 5. The average molecular weight is 351 g/mol. The van der Waals surface area contributed by atoms with Crippen molar-refractivity contribution in [1.29, 1.82) is 0 Å². The van der Waals surface area contributed by atoms with Crippen molar-refractivity contribution in [3.8, 4) is 11.4 Å². The molecule has 2 amide bonds. The van der Waals surface area contributed by atoms with Gasteiger partial charge in [-0.2, -0.15) is 4.98 Å². The zero-order valence-corrected chi connectivity index (χ0v) is 14.9. The van der Waals surface area contributed by atoms with Gasteiger partial charge in [-0.3, -0.25) is 4.98 Å². The van der Waals surface area contributed by atoms with Crippen molar-refractivity contribution in [2.24, 2.45) is 5.92 Å². The van der Waals surface area contributed by atoms with Gasteiger partial charge in [0.25, 0.3) is 0 Å². The van der Waals surface area contributed by atoms with Gasteiger partial charge >= 0.3 is 6.03 Å². The molecular formula is C19H21N5O2. The highest BCUT2D eigenvalue weighted by atomic mass is 16.5. The summed E-state index contributed by atoms with van der Waals surface area (Å²) >= 11 is 0. The van der Waals surface area contributed by atoms with Gasteiger partial charge in [0, 0.05) is 23.6 Å². The van der Waals surface area contributed by atoms with Crippen molar-refractivity contribution in [3.63, 3.8) is 0 Å². The van der Waals surface area contributed by atoms with Crippen LogP contribution >= 0.6 is 0 Å². The topological polar surface area (TPSA) is 92.9 Å². The Morgan fingerprint density at radius 2 is 1.77 bits per heavy atom. The number of nitrogens with zero attached hydrogens (tertiary/aromatic N) is 3. The predicted molar refractivity (Wildman–Crippen MR) is 98.4 cm³/mol. The molecule has 0 spiro atoms. The Labute approximate surface area is 151 Å². The molecule has 3 rings (SSSR count). The first-order chi connectivity index (χ1) is 12.5. The Hall–Kier alpha value is -3.22. The molecule has 1 aromatic carbocycles. The summed E-state index contributed by atoms with van der Waals surface area (Å²) in [4.78, 5) is 20.7. The second kappa shape index (κ2) is 7.77. The van der Waals surface area contributed by atoms with Gasteiger partial charge in [0.2, 0.25) is 11.7 Å². The lowest BCUT2D eigenvalue weighted by Crippen LogP contribution is -2.35. The third-order valence-electron chi connectivity index (χ3n) is 3.91. The molecule has 0 unspecified atom stereocenters. The fourth-order valence-corrected chi connectivity index (χ4v) is 2.44. The molecule has 3 aromatic rings. The van der Waals surface area contributed by atoms with E-state index in [-0.39, 0.29) is 11.9 Å². The van der Waals surface area contributed by atoms with E-state index in [9.17, 15) is 4.79 Å². The molecule has 1 atom stereocenters. The second-order valence-electron chi connectivity index (χ2n) is 6.38. The van der Waals surface area contributed by atoms with Crippen molar-refractivity contribution < 1.29 is 9.32 Å². The van der Waals surface area contributed by atoms with Crippen LogP contribution in [0, 0.1) is 12.8 Å². The number of carbonyl (C=O) groups is 1. The summed E-state index contributed by atoms with van der Waals surface area (Å²) < 4.78 is 5.39. The lowest BCUT2D eigenvalue weighted by molar-refractivity contribution is 0.236. The van der Waals surface area contributed by atoms with Crippen LogP contribution in [0.5, 0.6) is 0 Å². The van der Waals surface area contributed by atoms with E-state index in [1.165, 1.54) is 0 Å². The molecule has 0 saturated heterocycles. The predicted octanol–water partition coefficient (Wildman–Crippen LogP) is 3.96. The van der Waals surface area contributed by atoms with Crippen molar-refractivity contribution >= 4 is 11.7 Å². The van der Waals surface area contributed by atoms with E-state index in [0.29, 0.717) is 11.7 Å². The molecule has 26 heavy (non-hydrogen) atoms. The summed E-state index contributed by atoms with van der Waals surface area (Å²) in [6.07, 6.45) is 3.33. The van der Waals surface area contributed by atoms with Crippen molar-refractivity contribution in [3.05, 3.63) is 60.2 Å². The number of benzene rings is 1. The highest BCUT2D eigenvalue weighted by molar-refractivity contribution is 5.89. The minimum absolute atomic E-state index is 0.0736. The molecule has 0 aliphatic carbocycles. The third-order valence-corrected chi connectivity index (χ3v) is 3.91. The third kappa shape index (κ3) is 4.24. The Bertz CT molecular complexity index is 859. The zero-order chi connectivity index (χ0) is 18.5. The summed E-state index contributed by atoms with van der Waals surface area (Å²) in [7, 11) is 0. The van der Waals surface area contributed by atoms with Crippen LogP contribution in [0.15, 0.2) is 53.3 Å². The molecular weight excluding hydrogens is 330 g/mol. The lowest BCUT2D eigenvalue weighted by Gasteiger charge is -2.19. The number of carbonyl (C=O) groups excluding carboxylic acids is 1. The van der Waals surface area contributed by atoms with E-state index in [1.807, 2.05) is 45.0 Å². The number of urea groups is 1. The van der Waals surface area contributed by atoms with Gasteiger partial charge in [-0.15, -0.1) is 0 Å². The number of nitrogens with one attached hydrogen (secondary N) is 2. The smallest absolute Gasteiger partial charge is 0.319 e. The normalized spacial score (nSPS) is 12.0. The molecule has 2 heterocycles. The van der Waals surface area contributed by atoms with Gasteiger partial charge in [0.1, 0.15) is 6.04 Å². The average Bonchev–Trinajstić information content (AvgIpc) is 3.12. The summed E-state index contributed by atoms with van der Waals surface area (Å²) in [6.45, 7) is 5.95. The first kappa shape index (κ1) is 17.6. The van der Waals surface area contributed by atoms with Crippen LogP contribution in [-0.4, -0.2) is 21.2 Å². The second-order valence-corrected chi connectivity index (χ2v) is 6.38. The maximum Gasteiger partial charge on any atom is 0.319 e. The number of pyridine rings is 1. The quantitative estimate of drug-likeness (QED) is 0.726. The van der Waals surface area contributed by atoms with E-state index in [1.54, 1.807) is 24.5 Å². The minimum Gasteiger partial charge on any atom is -0.337 e. The molecule has 7 nitrogen and oxygen atoms in total. The van der Waals surface area contributed by atoms with Crippen LogP contribution < -0.4 is 10.6 Å². The van der Waals surface area contributed by atoms with Crippen molar-refractivity contribution in [1.82, 2.24) is 20.4 Å². The number of hydrogen-bond acceptors (Lipinski definition) is 5. The number of aryl methyl sites for hydroxylation is 1. The Morgan fingerprint density at radius 1 is 1.08 bits per heavy atom. The first-order valence-electron chi connectivity index (χ1n) is 8.41. The molecule has 0 bridgehead atoms. The highest BCUT2D eigenvalue weighted by Gasteiger charge is 2.25. The summed E-state index contributed by atoms with van der Waals surface area (Å²) in [5.41, 5.74) is 2.66. The van der Waals surface area contributed by atoms with Crippen LogP contribution in [0.2, 0.25) is 0 Å². The standard InChI is InChI=1S/C19H21N5O2/c1-12(2)16(22-19(25)21-15-6-4-13(3)5-7-15)18-23-17(24-26-18)14-8-10-20-11-9-14/h4-12,16H,1-3H3,(H2,21,22,25)/t16-/m1/s1. The summed E-state index contributed by atoms with van der Waals surface area (Å²) in [6, 6.07) is 10.5. The lowest BCUT2D eigenvalue weighted by atomic mass is 10.0. The fourth-order valence-electron chi connectivity index (χ4n) is 2.44. The van der Waals surface area contributed by atoms with E-state index in [4.69, 9.17) is 4.52 Å². The van der Waals surface area contributed by atoms with E-state index in [0.717, 1.165) is 16.8 Å². The van der Waals surface area contributed by atoms with E-state index >= 15 is 0 Å². The van der Waals surface area contributed by atoms with Gasteiger partial charge in [-0.1, -0.05) is 36.7 Å². The molecule has 7 heteroatoms. The monoisotopic (exact) mass is 351 g/mol. The number of aromatic nitrogens is 3. The fraction of sp³-hybridized carbons (Fsp3) is 0.263. The van der Waals surface area contributed by atoms with Gasteiger partial charge in [0.15, 0.2) is 0 Å². The van der Waals surface area contributed by atoms with Crippen molar-refractivity contribution in [2.75, 3.05) is 5.32 Å². The minimum atomic E-state index is -0.400. The van der Waals surface area contributed by atoms with Gasteiger partial charge in [-0.25, -0.2) is 4.79 Å². The number of amides is 2. The van der Waals surface area contributed by atoms with Gasteiger partial charge < -0.3 is 15.2 Å².